The van der Waals surface area contributed by atoms with E-state index in [1.54, 1.807) is 0 Å². The van der Waals surface area contributed by atoms with Gasteiger partial charge in [-0.2, -0.15) is 0 Å². The van der Waals surface area contributed by atoms with Gasteiger partial charge in [0, 0.05) is 32.1 Å². The highest BCUT2D eigenvalue weighted by Crippen LogP contribution is 2.30. The fourth-order valence-corrected chi connectivity index (χ4v) is 3.85. The summed E-state index contributed by atoms with van der Waals surface area (Å²) < 4.78 is 10.7. The molecule has 0 saturated heterocycles. The van der Waals surface area contributed by atoms with Crippen LogP contribution in [0.2, 0.25) is 0 Å². The summed E-state index contributed by atoms with van der Waals surface area (Å²) in [5.41, 5.74) is 2.62. The van der Waals surface area contributed by atoms with Crippen molar-refractivity contribution in [1.82, 2.24) is 10.2 Å². The van der Waals surface area contributed by atoms with Crippen molar-refractivity contribution >= 4 is 17.5 Å². The van der Waals surface area contributed by atoms with Gasteiger partial charge < -0.3 is 19.7 Å². The summed E-state index contributed by atoms with van der Waals surface area (Å²) in [4.78, 5) is 38.5. The molecule has 0 fully saturated rings. The van der Waals surface area contributed by atoms with Gasteiger partial charge in [-0.15, -0.1) is 0 Å². The number of rotatable bonds is 11. The molecule has 1 N–H and O–H groups in total. The first-order valence-corrected chi connectivity index (χ1v) is 11.4. The molecule has 0 heterocycles. The molecule has 9 nitrogen and oxygen atoms in total. The molecule has 1 atom stereocenters. The number of aryl methyl sites for hydroxylation is 1. The summed E-state index contributed by atoms with van der Waals surface area (Å²) in [6, 6.07) is 20.4. The zero-order valence-corrected chi connectivity index (χ0v) is 20.5. The van der Waals surface area contributed by atoms with Crippen molar-refractivity contribution in [2.24, 2.45) is 0 Å². The van der Waals surface area contributed by atoms with Crippen molar-refractivity contribution in [1.29, 1.82) is 0 Å². The molecular formula is C27H29N3O6. The van der Waals surface area contributed by atoms with Crippen LogP contribution in [0.5, 0.6) is 11.5 Å². The second kappa shape index (κ2) is 12.3. The van der Waals surface area contributed by atoms with Crippen LogP contribution < -0.4 is 14.8 Å². The molecule has 0 saturated carbocycles. The van der Waals surface area contributed by atoms with E-state index >= 15 is 0 Å². The molecule has 0 aliphatic heterocycles. The maximum absolute atomic E-state index is 13.5. The molecule has 2 amide bonds. The van der Waals surface area contributed by atoms with E-state index in [1.165, 1.54) is 37.3 Å². The lowest BCUT2D eigenvalue weighted by Gasteiger charge is -2.31. The van der Waals surface area contributed by atoms with Gasteiger partial charge in [0.05, 0.1) is 12.0 Å². The number of nitro groups is 1. The number of hydrogen-bond acceptors (Lipinski definition) is 6. The number of ether oxygens (including phenoxy) is 2. The number of likely N-dealkylation sites (N-methyl/N-ethyl adjacent to an activating group) is 1. The number of methoxy groups -OCH3 is 1. The van der Waals surface area contributed by atoms with Gasteiger partial charge in [-0.05, 0) is 24.1 Å². The normalized spacial score (nSPS) is 11.3. The Balaban J connectivity index is 1.88. The van der Waals surface area contributed by atoms with Gasteiger partial charge in [0.2, 0.25) is 11.7 Å². The summed E-state index contributed by atoms with van der Waals surface area (Å²) in [6.07, 6.45) is 0.323. The quantitative estimate of drug-likeness (QED) is 0.324. The molecule has 0 spiro atoms. The topological polar surface area (TPSA) is 111 Å². The molecule has 3 aromatic carbocycles. The van der Waals surface area contributed by atoms with Crippen LogP contribution in [-0.4, -0.2) is 48.4 Å². The summed E-state index contributed by atoms with van der Waals surface area (Å²) in [7, 11) is 2.85. The molecule has 36 heavy (non-hydrogen) atoms. The molecule has 188 valence electrons. The Labute approximate surface area is 209 Å². The Morgan fingerprint density at radius 2 is 1.75 bits per heavy atom. The number of nitrogens with zero attached hydrogens (tertiary/aromatic N) is 2. The lowest BCUT2D eigenvalue weighted by atomic mass is 10.0. The molecule has 0 radical (unpaired) electrons. The van der Waals surface area contributed by atoms with Crippen LogP contribution in [0, 0.1) is 17.0 Å². The molecule has 0 aliphatic rings. The van der Waals surface area contributed by atoms with E-state index in [1.807, 2.05) is 61.5 Å². The smallest absolute Gasteiger partial charge is 0.311 e. The van der Waals surface area contributed by atoms with E-state index < -0.39 is 16.9 Å². The summed E-state index contributed by atoms with van der Waals surface area (Å²) in [5, 5.41) is 13.8. The van der Waals surface area contributed by atoms with Crippen LogP contribution in [0.3, 0.4) is 0 Å². The van der Waals surface area contributed by atoms with Gasteiger partial charge in [0.15, 0.2) is 6.61 Å². The maximum atomic E-state index is 13.5. The first kappa shape index (κ1) is 26.2. The highest BCUT2D eigenvalue weighted by molar-refractivity contribution is 5.88. The zero-order chi connectivity index (χ0) is 26.1. The van der Waals surface area contributed by atoms with Crippen molar-refractivity contribution < 1.29 is 24.0 Å². The van der Waals surface area contributed by atoms with Crippen molar-refractivity contribution in [2.75, 3.05) is 20.8 Å². The van der Waals surface area contributed by atoms with Crippen molar-refractivity contribution in [2.45, 2.75) is 25.9 Å². The largest absolute Gasteiger partial charge is 0.490 e. The molecule has 3 rings (SSSR count). The van der Waals surface area contributed by atoms with Gasteiger partial charge in [-0.3, -0.25) is 19.7 Å². The lowest BCUT2D eigenvalue weighted by Crippen LogP contribution is -2.51. The summed E-state index contributed by atoms with van der Waals surface area (Å²) in [6.45, 7) is 1.80. The standard InChI is InChI=1S/C27H29N3O6/c1-19-8-7-11-21(14-19)17-29(24(27(32)28-2)15-20-9-5-4-6-10-20)26(31)18-36-22-12-13-23(30(33)34)25(16-22)35-3/h4-14,16,24H,15,17-18H2,1-3H3,(H,28,32). The van der Waals surface area contributed by atoms with E-state index in [0.717, 1.165) is 16.7 Å². The van der Waals surface area contributed by atoms with Crippen LogP contribution in [0.4, 0.5) is 5.69 Å². The fraction of sp³-hybridized carbons (Fsp3) is 0.259. The fourth-order valence-electron chi connectivity index (χ4n) is 3.85. The Kier molecular flexibility index (Phi) is 8.99. The van der Waals surface area contributed by atoms with Crippen LogP contribution in [0.15, 0.2) is 72.8 Å². The monoisotopic (exact) mass is 491 g/mol. The van der Waals surface area contributed by atoms with E-state index in [0.29, 0.717) is 6.42 Å². The number of carbonyl (C=O) groups excluding carboxylic acids is 2. The van der Waals surface area contributed by atoms with Gasteiger partial charge >= 0.3 is 5.69 Å². The highest BCUT2D eigenvalue weighted by Gasteiger charge is 2.30. The Hall–Kier alpha value is -4.40. The van der Waals surface area contributed by atoms with E-state index in [2.05, 4.69) is 5.32 Å². The third kappa shape index (κ3) is 6.82. The minimum absolute atomic E-state index is 0.0221. The first-order chi connectivity index (χ1) is 17.3. The predicted octanol–water partition coefficient (Wildman–Crippen LogP) is 3.68. The van der Waals surface area contributed by atoms with Crippen LogP contribution in [0.1, 0.15) is 16.7 Å². The third-order valence-corrected chi connectivity index (χ3v) is 5.66. The Morgan fingerprint density at radius 1 is 1.03 bits per heavy atom. The van der Waals surface area contributed by atoms with Crippen LogP contribution in [-0.2, 0) is 22.6 Å². The van der Waals surface area contributed by atoms with Gasteiger partial charge in [-0.1, -0.05) is 60.2 Å². The number of carbonyl (C=O) groups is 2. The van der Waals surface area contributed by atoms with Gasteiger partial charge in [-0.25, -0.2) is 0 Å². The van der Waals surface area contributed by atoms with Crippen molar-refractivity contribution in [3.05, 3.63) is 99.6 Å². The summed E-state index contributed by atoms with van der Waals surface area (Å²) in [5.74, 6) is -0.440. The average molecular weight is 492 g/mol. The zero-order valence-electron chi connectivity index (χ0n) is 20.5. The van der Waals surface area contributed by atoms with Crippen LogP contribution in [0.25, 0.3) is 0 Å². The van der Waals surface area contributed by atoms with E-state index in [4.69, 9.17) is 9.47 Å². The molecule has 0 aromatic heterocycles. The molecule has 0 aliphatic carbocycles. The number of hydrogen-bond donors (Lipinski definition) is 1. The minimum atomic E-state index is -0.777. The van der Waals surface area contributed by atoms with Crippen LogP contribution >= 0.6 is 0 Å². The van der Waals surface area contributed by atoms with Gasteiger partial charge in [0.1, 0.15) is 11.8 Å². The minimum Gasteiger partial charge on any atom is -0.490 e. The maximum Gasteiger partial charge on any atom is 0.311 e. The molecular weight excluding hydrogens is 462 g/mol. The number of amides is 2. The van der Waals surface area contributed by atoms with E-state index in [9.17, 15) is 19.7 Å². The van der Waals surface area contributed by atoms with Crippen molar-refractivity contribution in [3.63, 3.8) is 0 Å². The number of nitro benzene ring substituents is 1. The second-order valence-corrected chi connectivity index (χ2v) is 8.21. The van der Waals surface area contributed by atoms with Gasteiger partial charge in [0.25, 0.3) is 5.91 Å². The molecule has 0 bridgehead atoms. The number of nitrogens with one attached hydrogen (secondary N) is 1. The molecule has 3 aromatic rings. The molecule has 1 unspecified atom stereocenters. The lowest BCUT2D eigenvalue weighted by molar-refractivity contribution is -0.385. The predicted molar refractivity (Wildman–Crippen MR) is 135 cm³/mol. The Morgan fingerprint density at radius 3 is 2.39 bits per heavy atom. The summed E-state index contributed by atoms with van der Waals surface area (Å²) >= 11 is 0. The SMILES string of the molecule is CNC(=O)C(Cc1ccccc1)N(Cc1cccc(C)c1)C(=O)COc1ccc([N+](=O)[O-])c(OC)c1. The third-order valence-electron chi connectivity index (χ3n) is 5.66. The van der Waals surface area contributed by atoms with Crippen molar-refractivity contribution in [3.8, 4) is 11.5 Å². The molecule has 9 heteroatoms. The second-order valence-electron chi connectivity index (χ2n) is 8.21. The van der Waals surface area contributed by atoms with E-state index in [-0.39, 0.29) is 36.2 Å². The first-order valence-electron chi connectivity index (χ1n) is 11.4. The Bertz CT molecular complexity index is 1220. The number of benzene rings is 3. The average Bonchev–Trinajstić information content (AvgIpc) is 2.89. The highest BCUT2D eigenvalue weighted by atomic mass is 16.6.